The molecule has 2 heteroatoms. The molecule has 0 aromatic heterocycles. The summed E-state index contributed by atoms with van der Waals surface area (Å²) in [5.74, 6) is 0. The summed E-state index contributed by atoms with van der Waals surface area (Å²) < 4.78 is 0. The van der Waals surface area contributed by atoms with Gasteiger partial charge >= 0.3 is 0 Å². The van der Waals surface area contributed by atoms with Crippen LogP contribution in [0.3, 0.4) is 0 Å². The lowest BCUT2D eigenvalue weighted by Gasteiger charge is -2.28. The monoisotopic (exact) mass is 296 g/mol. The third kappa shape index (κ3) is 10.7. The average molecular weight is 297 g/mol. The molecular formula is C19H40N2. The van der Waals surface area contributed by atoms with Crippen molar-refractivity contribution in [2.45, 2.75) is 86.0 Å². The Morgan fingerprint density at radius 2 is 1.05 bits per heavy atom. The predicted octanol–water partition coefficient (Wildman–Crippen LogP) is 5.65. The van der Waals surface area contributed by atoms with E-state index in [1.807, 2.05) is 0 Å². The molecule has 0 fully saturated rings. The summed E-state index contributed by atoms with van der Waals surface area (Å²) in [6.07, 6.45) is 12.8. The lowest BCUT2D eigenvalue weighted by Crippen LogP contribution is -2.28. The van der Waals surface area contributed by atoms with Crippen molar-refractivity contribution in [1.29, 1.82) is 0 Å². The van der Waals surface area contributed by atoms with Crippen molar-refractivity contribution in [3.63, 3.8) is 0 Å². The summed E-state index contributed by atoms with van der Waals surface area (Å²) in [5, 5.41) is 0. The van der Waals surface area contributed by atoms with Crippen LogP contribution in [0.4, 0.5) is 0 Å². The predicted molar refractivity (Wildman–Crippen MR) is 96.5 cm³/mol. The molecule has 0 unspecified atom stereocenters. The lowest BCUT2D eigenvalue weighted by molar-refractivity contribution is 0.304. The molecule has 0 bridgehead atoms. The summed E-state index contributed by atoms with van der Waals surface area (Å²) in [6, 6.07) is 0. The molecule has 0 aromatic rings. The fourth-order valence-electron chi connectivity index (χ4n) is 2.47. The number of hydrogen-bond donors (Lipinski definition) is 0. The van der Waals surface area contributed by atoms with E-state index >= 15 is 0 Å². The molecule has 0 radical (unpaired) electrons. The normalized spacial score (nSPS) is 11.8. The minimum atomic E-state index is 1.21. The maximum absolute atomic E-state index is 2.60. The van der Waals surface area contributed by atoms with Crippen LogP contribution in [-0.4, -0.2) is 36.0 Å². The van der Waals surface area contributed by atoms with Crippen molar-refractivity contribution in [3.8, 4) is 0 Å². The highest BCUT2D eigenvalue weighted by Crippen LogP contribution is 2.11. The minimum absolute atomic E-state index is 1.21. The number of hydrogen-bond acceptors (Lipinski definition) is 2. The first kappa shape index (κ1) is 20.3. The number of unbranched alkanes of at least 4 members (excludes halogenated alkanes) is 4. The maximum atomic E-state index is 2.60. The molecule has 0 saturated carbocycles. The molecule has 0 saturated heterocycles. The van der Waals surface area contributed by atoms with Gasteiger partial charge in [-0.1, -0.05) is 53.4 Å². The molecule has 0 aromatic carbocycles. The van der Waals surface area contributed by atoms with E-state index in [9.17, 15) is 0 Å². The lowest BCUT2D eigenvalue weighted by atomic mass is 10.2. The minimum Gasteiger partial charge on any atom is -0.376 e. The number of nitrogens with zero attached hydrogens (tertiary/aromatic N) is 2. The molecule has 0 spiro atoms. The van der Waals surface area contributed by atoms with Crippen LogP contribution < -0.4 is 0 Å². The summed E-state index contributed by atoms with van der Waals surface area (Å²) >= 11 is 0. The van der Waals surface area contributed by atoms with Crippen LogP contribution in [-0.2, 0) is 0 Å². The first-order valence-corrected chi connectivity index (χ1v) is 9.36. The highest BCUT2D eigenvalue weighted by Gasteiger charge is 2.07. The van der Waals surface area contributed by atoms with Crippen molar-refractivity contribution in [3.05, 3.63) is 11.9 Å². The van der Waals surface area contributed by atoms with Crippen LogP contribution in [0.15, 0.2) is 11.9 Å². The largest absolute Gasteiger partial charge is 0.376 e. The van der Waals surface area contributed by atoms with Crippen molar-refractivity contribution in [1.82, 2.24) is 9.80 Å². The topological polar surface area (TPSA) is 6.48 Å². The highest BCUT2D eigenvalue weighted by atomic mass is 15.2. The molecule has 2 nitrogen and oxygen atoms in total. The standard InChI is InChI=1S/C19H40N2/c1-6-10-14-20(15-11-7-2)18-19(5)21(16-12-8-3)17-13-9-4/h18H,6-17H2,1-5H3. The van der Waals surface area contributed by atoms with Crippen molar-refractivity contribution in [2.75, 3.05) is 26.2 Å². The Bertz CT molecular complexity index is 232. The smallest absolute Gasteiger partial charge is 0.0262 e. The number of rotatable bonds is 14. The third-order valence-electron chi connectivity index (χ3n) is 4.03. The first-order valence-electron chi connectivity index (χ1n) is 9.36. The van der Waals surface area contributed by atoms with E-state index < -0.39 is 0 Å². The van der Waals surface area contributed by atoms with Gasteiger partial charge in [0.15, 0.2) is 0 Å². The van der Waals surface area contributed by atoms with Gasteiger partial charge in [0.1, 0.15) is 0 Å². The zero-order chi connectivity index (χ0) is 15.9. The molecule has 0 heterocycles. The van der Waals surface area contributed by atoms with Crippen LogP contribution in [0.25, 0.3) is 0 Å². The zero-order valence-corrected chi connectivity index (χ0v) is 15.5. The third-order valence-corrected chi connectivity index (χ3v) is 4.03. The van der Waals surface area contributed by atoms with Crippen LogP contribution in [0.5, 0.6) is 0 Å². The van der Waals surface area contributed by atoms with Gasteiger partial charge in [-0.15, -0.1) is 0 Å². The van der Waals surface area contributed by atoms with Gasteiger partial charge in [-0.05, 0) is 32.6 Å². The van der Waals surface area contributed by atoms with E-state index in [0.29, 0.717) is 0 Å². The van der Waals surface area contributed by atoms with E-state index in [4.69, 9.17) is 0 Å². The Hall–Kier alpha value is -0.660. The molecule has 0 aliphatic heterocycles. The molecule has 0 amide bonds. The molecule has 21 heavy (non-hydrogen) atoms. The van der Waals surface area contributed by atoms with Gasteiger partial charge in [-0.25, -0.2) is 0 Å². The Labute approximate surface area is 134 Å². The van der Waals surface area contributed by atoms with Crippen LogP contribution in [0.1, 0.15) is 86.0 Å². The van der Waals surface area contributed by atoms with E-state index in [-0.39, 0.29) is 0 Å². The molecule has 0 rings (SSSR count). The molecule has 0 N–H and O–H groups in total. The second-order valence-corrected chi connectivity index (χ2v) is 6.21. The van der Waals surface area contributed by atoms with Crippen LogP contribution >= 0.6 is 0 Å². The molecular weight excluding hydrogens is 256 g/mol. The molecule has 126 valence electrons. The summed E-state index contributed by atoms with van der Waals surface area (Å²) in [6.45, 7) is 16.3. The second kappa shape index (κ2) is 14.3. The SMILES string of the molecule is CCCCN(C=C(C)N(CCCC)CCCC)CCCC. The first-order chi connectivity index (χ1) is 10.2. The van der Waals surface area contributed by atoms with Crippen LogP contribution in [0, 0.1) is 0 Å². The van der Waals surface area contributed by atoms with Gasteiger partial charge < -0.3 is 9.80 Å². The second-order valence-electron chi connectivity index (χ2n) is 6.21. The quantitative estimate of drug-likeness (QED) is 0.408. The molecule has 0 aliphatic carbocycles. The summed E-state index contributed by atoms with van der Waals surface area (Å²) in [7, 11) is 0. The fourth-order valence-corrected chi connectivity index (χ4v) is 2.47. The van der Waals surface area contributed by atoms with Crippen molar-refractivity contribution >= 4 is 0 Å². The van der Waals surface area contributed by atoms with Gasteiger partial charge in [0.25, 0.3) is 0 Å². The maximum Gasteiger partial charge on any atom is 0.0262 e. The fraction of sp³-hybridized carbons (Fsp3) is 0.895. The van der Waals surface area contributed by atoms with Crippen LogP contribution in [0.2, 0.25) is 0 Å². The highest BCUT2D eigenvalue weighted by molar-refractivity contribution is 4.97. The van der Waals surface area contributed by atoms with Gasteiger partial charge in [-0.2, -0.15) is 0 Å². The number of allylic oxidation sites excluding steroid dienone is 1. The molecule has 0 atom stereocenters. The average Bonchev–Trinajstić information content (AvgIpc) is 2.49. The Morgan fingerprint density at radius 3 is 1.43 bits per heavy atom. The van der Waals surface area contributed by atoms with E-state index in [1.165, 1.54) is 83.2 Å². The van der Waals surface area contributed by atoms with Crippen molar-refractivity contribution < 1.29 is 0 Å². The van der Waals surface area contributed by atoms with Gasteiger partial charge in [-0.3, -0.25) is 0 Å². The Morgan fingerprint density at radius 1 is 0.667 bits per heavy atom. The summed E-state index contributed by atoms with van der Waals surface area (Å²) in [4.78, 5) is 5.14. The van der Waals surface area contributed by atoms with Crippen molar-refractivity contribution in [2.24, 2.45) is 0 Å². The van der Waals surface area contributed by atoms with Gasteiger partial charge in [0.2, 0.25) is 0 Å². The zero-order valence-electron chi connectivity index (χ0n) is 15.5. The summed E-state index contributed by atoms with van der Waals surface area (Å²) in [5.41, 5.74) is 1.46. The molecule has 0 aliphatic rings. The van der Waals surface area contributed by atoms with E-state index in [0.717, 1.165) is 0 Å². The van der Waals surface area contributed by atoms with Gasteiger partial charge in [0.05, 0.1) is 0 Å². The Balaban J connectivity index is 4.63. The van der Waals surface area contributed by atoms with E-state index in [1.54, 1.807) is 0 Å². The van der Waals surface area contributed by atoms with Gasteiger partial charge in [0, 0.05) is 38.1 Å². The Kier molecular flexibility index (Phi) is 13.8. The van der Waals surface area contributed by atoms with E-state index in [2.05, 4.69) is 50.6 Å².